The third-order valence-electron chi connectivity index (χ3n) is 3.00. The summed E-state index contributed by atoms with van der Waals surface area (Å²) >= 11 is 7.57. The third kappa shape index (κ3) is 3.25. The topological polar surface area (TPSA) is 54.4 Å². The van der Waals surface area contributed by atoms with Crippen molar-refractivity contribution >= 4 is 34.4 Å². The number of rotatable bonds is 2. The predicted octanol–water partition coefficient (Wildman–Crippen LogP) is 3.23. The normalized spacial score (nSPS) is 13.9. The second-order valence-corrected chi connectivity index (χ2v) is 5.86. The van der Waals surface area contributed by atoms with Crippen LogP contribution >= 0.6 is 23.4 Å². The van der Waals surface area contributed by atoms with Gasteiger partial charge in [0.1, 0.15) is 5.15 Å². The van der Waals surface area contributed by atoms with Crippen LogP contribution in [-0.4, -0.2) is 28.4 Å². The van der Waals surface area contributed by atoms with Gasteiger partial charge in [0, 0.05) is 17.5 Å². The third-order valence-corrected chi connectivity index (χ3v) is 4.19. The Morgan fingerprint density at radius 1 is 1.24 bits per heavy atom. The first-order chi connectivity index (χ1) is 10.2. The number of halogens is 1. The number of hydrogen-bond donors (Lipinski definition) is 1. The lowest BCUT2D eigenvalue weighted by molar-refractivity contribution is 0.0978. The molecule has 0 atom stereocenters. The molecule has 21 heavy (non-hydrogen) atoms. The van der Waals surface area contributed by atoms with Crippen LogP contribution in [0.5, 0.6) is 0 Å². The Kier molecular flexibility index (Phi) is 4.22. The zero-order valence-corrected chi connectivity index (χ0v) is 12.6. The monoisotopic (exact) mass is 317 g/mol. The van der Waals surface area contributed by atoms with Gasteiger partial charge in [0.25, 0.3) is 5.91 Å². The highest BCUT2D eigenvalue weighted by Gasteiger charge is 2.16. The molecule has 1 N–H and O–H groups in total. The molecule has 0 saturated carbocycles. The average Bonchev–Trinajstić information content (AvgIpc) is 3.01. The van der Waals surface area contributed by atoms with Crippen LogP contribution in [0.3, 0.4) is 0 Å². The fraction of sp³-hybridized carbons (Fsp3) is 0.133. The van der Waals surface area contributed by atoms with E-state index in [2.05, 4.69) is 15.3 Å². The molecule has 6 heteroatoms. The molecule has 0 spiro atoms. The molecule has 2 heterocycles. The smallest absolute Gasteiger partial charge is 0.260 e. The van der Waals surface area contributed by atoms with Crippen molar-refractivity contribution in [1.82, 2.24) is 10.3 Å². The first kappa shape index (κ1) is 14.1. The zero-order valence-electron chi connectivity index (χ0n) is 11.0. The van der Waals surface area contributed by atoms with Crippen LogP contribution in [0.15, 0.2) is 47.6 Å². The molecule has 0 unspecified atom stereocenters. The van der Waals surface area contributed by atoms with E-state index >= 15 is 0 Å². The molecule has 0 fully saturated rings. The number of aromatic nitrogens is 1. The Labute approximate surface area is 131 Å². The molecule has 1 aliphatic rings. The zero-order chi connectivity index (χ0) is 14.7. The molecule has 2 aromatic rings. The van der Waals surface area contributed by atoms with E-state index in [9.17, 15) is 4.79 Å². The number of benzene rings is 1. The highest BCUT2D eigenvalue weighted by Crippen LogP contribution is 2.23. The van der Waals surface area contributed by atoms with Gasteiger partial charge < -0.3 is 5.32 Å². The van der Waals surface area contributed by atoms with Crippen molar-refractivity contribution in [2.75, 3.05) is 12.3 Å². The largest absolute Gasteiger partial charge is 0.301 e. The Morgan fingerprint density at radius 2 is 2.05 bits per heavy atom. The standard InChI is InChI=1S/C15H12ClN3OS/c16-13-12(14(20)19-15-17-6-7-21-15)8-11(9-18-13)10-4-2-1-3-5-10/h1-5,8-9H,6-7H2,(H,17,19,20). The second kappa shape index (κ2) is 6.28. The minimum atomic E-state index is -0.279. The summed E-state index contributed by atoms with van der Waals surface area (Å²) in [7, 11) is 0. The maximum absolute atomic E-state index is 12.3. The van der Waals surface area contributed by atoms with Gasteiger partial charge in [-0.25, -0.2) is 4.98 Å². The maximum atomic E-state index is 12.3. The molecule has 0 saturated heterocycles. The molecule has 1 aliphatic heterocycles. The van der Waals surface area contributed by atoms with Crippen LogP contribution in [0.25, 0.3) is 11.1 Å². The van der Waals surface area contributed by atoms with E-state index in [-0.39, 0.29) is 11.1 Å². The van der Waals surface area contributed by atoms with Gasteiger partial charge in [-0.3, -0.25) is 9.79 Å². The summed E-state index contributed by atoms with van der Waals surface area (Å²) in [5.74, 6) is 0.615. The van der Waals surface area contributed by atoms with Gasteiger partial charge in [0.15, 0.2) is 5.17 Å². The minimum Gasteiger partial charge on any atom is -0.301 e. The molecule has 1 amide bonds. The number of pyridine rings is 1. The number of aliphatic imine (C=N–C) groups is 1. The molecule has 4 nitrogen and oxygen atoms in total. The van der Waals surface area contributed by atoms with Crippen molar-refractivity contribution in [3.05, 3.63) is 53.3 Å². The van der Waals surface area contributed by atoms with Crippen LogP contribution in [-0.2, 0) is 0 Å². The summed E-state index contributed by atoms with van der Waals surface area (Å²) in [5.41, 5.74) is 2.20. The van der Waals surface area contributed by atoms with Gasteiger partial charge in [-0.15, -0.1) is 0 Å². The molecule has 106 valence electrons. The summed E-state index contributed by atoms with van der Waals surface area (Å²) in [4.78, 5) is 20.6. The number of hydrogen-bond acceptors (Lipinski definition) is 4. The SMILES string of the molecule is O=C(NC1=NCCS1)c1cc(-c2ccccc2)cnc1Cl. The van der Waals surface area contributed by atoms with Crippen molar-refractivity contribution < 1.29 is 4.79 Å². The Morgan fingerprint density at radius 3 is 2.76 bits per heavy atom. The van der Waals surface area contributed by atoms with Gasteiger partial charge in [0.2, 0.25) is 0 Å². The lowest BCUT2D eigenvalue weighted by atomic mass is 10.1. The molecular weight excluding hydrogens is 306 g/mol. The Hall–Kier alpha value is -1.85. The Balaban J connectivity index is 1.89. The van der Waals surface area contributed by atoms with E-state index in [0.29, 0.717) is 10.7 Å². The van der Waals surface area contributed by atoms with E-state index in [1.54, 1.807) is 12.3 Å². The highest BCUT2D eigenvalue weighted by molar-refractivity contribution is 8.14. The lowest BCUT2D eigenvalue weighted by Gasteiger charge is -2.08. The van der Waals surface area contributed by atoms with Crippen molar-refractivity contribution in [2.45, 2.75) is 0 Å². The summed E-state index contributed by atoms with van der Waals surface area (Å²) in [5, 5.41) is 3.59. The molecule has 1 aromatic carbocycles. The fourth-order valence-corrected chi connectivity index (χ4v) is 2.88. The number of carbonyl (C=O) groups is 1. The first-order valence-corrected chi connectivity index (χ1v) is 7.80. The van der Waals surface area contributed by atoms with Gasteiger partial charge >= 0.3 is 0 Å². The van der Waals surface area contributed by atoms with Crippen molar-refractivity contribution in [3.63, 3.8) is 0 Å². The van der Waals surface area contributed by atoms with Crippen LogP contribution in [0.4, 0.5) is 0 Å². The molecule has 0 aliphatic carbocycles. The van der Waals surface area contributed by atoms with Crippen molar-refractivity contribution in [3.8, 4) is 11.1 Å². The van der Waals surface area contributed by atoms with Gasteiger partial charge in [-0.1, -0.05) is 53.7 Å². The van der Waals surface area contributed by atoms with E-state index in [1.807, 2.05) is 30.3 Å². The molecule has 1 aromatic heterocycles. The van der Waals surface area contributed by atoms with Crippen molar-refractivity contribution in [1.29, 1.82) is 0 Å². The predicted molar refractivity (Wildman–Crippen MR) is 86.9 cm³/mol. The number of amides is 1. The van der Waals surface area contributed by atoms with Crippen molar-refractivity contribution in [2.24, 2.45) is 4.99 Å². The maximum Gasteiger partial charge on any atom is 0.260 e. The van der Waals surface area contributed by atoms with Crippen LogP contribution < -0.4 is 5.32 Å². The van der Waals surface area contributed by atoms with E-state index in [4.69, 9.17) is 11.6 Å². The lowest BCUT2D eigenvalue weighted by Crippen LogP contribution is -2.27. The summed E-state index contributed by atoms with van der Waals surface area (Å²) in [6, 6.07) is 11.5. The second-order valence-electron chi connectivity index (χ2n) is 4.42. The molecule has 0 bridgehead atoms. The summed E-state index contributed by atoms with van der Waals surface area (Å²) < 4.78 is 0. The molecular formula is C15H12ClN3OS. The highest BCUT2D eigenvalue weighted by atomic mass is 35.5. The average molecular weight is 318 g/mol. The quantitative estimate of drug-likeness (QED) is 0.865. The van der Waals surface area contributed by atoms with Gasteiger partial charge in [-0.05, 0) is 11.6 Å². The minimum absolute atomic E-state index is 0.191. The van der Waals surface area contributed by atoms with Gasteiger partial charge in [0.05, 0.1) is 12.1 Å². The number of thioether (sulfide) groups is 1. The number of carbonyl (C=O) groups excluding carboxylic acids is 1. The van der Waals surface area contributed by atoms with Crippen LogP contribution in [0.1, 0.15) is 10.4 Å². The molecule has 0 radical (unpaired) electrons. The fourth-order valence-electron chi connectivity index (χ4n) is 1.97. The van der Waals surface area contributed by atoms with Crippen LogP contribution in [0.2, 0.25) is 5.15 Å². The van der Waals surface area contributed by atoms with E-state index in [0.717, 1.165) is 23.4 Å². The number of amidine groups is 1. The van der Waals surface area contributed by atoms with Gasteiger partial charge in [-0.2, -0.15) is 0 Å². The first-order valence-electron chi connectivity index (χ1n) is 6.43. The summed E-state index contributed by atoms with van der Waals surface area (Å²) in [6.07, 6.45) is 1.66. The van der Waals surface area contributed by atoms with E-state index < -0.39 is 0 Å². The molecule has 3 rings (SSSR count). The number of nitrogens with one attached hydrogen (secondary N) is 1. The number of nitrogens with zero attached hydrogens (tertiary/aromatic N) is 2. The van der Waals surface area contributed by atoms with Crippen LogP contribution in [0, 0.1) is 0 Å². The summed E-state index contributed by atoms with van der Waals surface area (Å²) in [6.45, 7) is 0.732. The Bertz CT molecular complexity index is 703. The van der Waals surface area contributed by atoms with E-state index in [1.165, 1.54) is 11.8 Å².